The second-order valence-electron chi connectivity index (χ2n) is 7.22. The third kappa shape index (κ3) is 3.81. The Balaban J connectivity index is 1.69. The van der Waals surface area contributed by atoms with Crippen molar-refractivity contribution in [1.82, 2.24) is 9.97 Å². The number of hydrogen-bond acceptors (Lipinski definition) is 5. The van der Waals surface area contributed by atoms with Crippen LogP contribution in [-0.2, 0) is 0 Å². The van der Waals surface area contributed by atoms with Crippen molar-refractivity contribution in [3.05, 3.63) is 64.0 Å². The molecule has 0 radical (unpaired) electrons. The normalized spacial score (nSPS) is 15.4. The summed E-state index contributed by atoms with van der Waals surface area (Å²) in [5.41, 5.74) is 3.20. The average molecular weight is 389 g/mol. The molecular weight excluding hydrogens is 368 g/mol. The number of nitro benzene ring substituents is 1. The van der Waals surface area contributed by atoms with Crippen LogP contribution in [0.25, 0.3) is 22.7 Å². The van der Waals surface area contributed by atoms with E-state index in [1.54, 1.807) is 12.1 Å². The first-order valence-electron chi connectivity index (χ1n) is 9.47. The predicted octanol–water partition coefficient (Wildman–Crippen LogP) is 1.87. The number of benzene rings is 2. The van der Waals surface area contributed by atoms with Crippen LogP contribution in [0, 0.1) is 21.4 Å². The number of anilines is 1. The van der Waals surface area contributed by atoms with E-state index in [-0.39, 0.29) is 10.6 Å². The maximum atomic E-state index is 11.7. The van der Waals surface area contributed by atoms with E-state index in [9.17, 15) is 15.4 Å². The first kappa shape index (κ1) is 18.7. The summed E-state index contributed by atoms with van der Waals surface area (Å²) < 4.78 is 0. The third-order valence-electron chi connectivity index (χ3n) is 5.23. The van der Waals surface area contributed by atoms with Gasteiger partial charge in [0.1, 0.15) is 17.6 Å². The van der Waals surface area contributed by atoms with Gasteiger partial charge in [-0.1, -0.05) is 18.2 Å². The molecule has 1 fully saturated rings. The van der Waals surface area contributed by atoms with E-state index >= 15 is 0 Å². The van der Waals surface area contributed by atoms with Crippen LogP contribution in [0.1, 0.15) is 11.4 Å². The predicted molar refractivity (Wildman–Crippen MR) is 112 cm³/mol. The van der Waals surface area contributed by atoms with E-state index in [0.29, 0.717) is 22.6 Å². The zero-order chi connectivity index (χ0) is 20.4. The van der Waals surface area contributed by atoms with Crippen LogP contribution in [0.2, 0.25) is 0 Å². The fourth-order valence-corrected chi connectivity index (χ4v) is 3.57. The number of nitrogens with one attached hydrogen (secondary N) is 2. The molecule has 1 saturated heterocycles. The van der Waals surface area contributed by atoms with Gasteiger partial charge in [0, 0.05) is 6.07 Å². The monoisotopic (exact) mass is 389 g/mol. The smallest absolute Gasteiger partial charge is 0.293 e. The van der Waals surface area contributed by atoms with Gasteiger partial charge in [0.15, 0.2) is 0 Å². The van der Waals surface area contributed by atoms with Gasteiger partial charge in [0.25, 0.3) is 5.69 Å². The Hall–Kier alpha value is -3.70. The number of hydrogen-bond donors (Lipinski definition) is 2. The number of imidazole rings is 1. The summed E-state index contributed by atoms with van der Waals surface area (Å²) in [6, 6.07) is 14.8. The van der Waals surface area contributed by atoms with E-state index in [2.05, 4.69) is 28.0 Å². The van der Waals surface area contributed by atoms with Gasteiger partial charge in [0.2, 0.25) is 0 Å². The van der Waals surface area contributed by atoms with Crippen molar-refractivity contribution >= 4 is 34.1 Å². The molecule has 1 aliphatic rings. The van der Waals surface area contributed by atoms with E-state index in [0.717, 1.165) is 37.2 Å². The van der Waals surface area contributed by atoms with E-state index in [1.807, 2.05) is 30.3 Å². The molecule has 29 heavy (non-hydrogen) atoms. The first-order chi connectivity index (χ1) is 14.0. The number of piperazine rings is 1. The fraction of sp³-hybridized carbons (Fsp3) is 0.238. The van der Waals surface area contributed by atoms with Crippen LogP contribution in [0.4, 0.5) is 11.4 Å². The summed E-state index contributed by atoms with van der Waals surface area (Å²) >= 11 is 0. The van der Waals surface area contributed by atoms with Crippen molar-refractivity contribution in [2.45, 2.75) is 0 Å². The number of allylic oxidation sites excluding steroid dienone is 1. The molecule has 0 aliphatic carbocycles. The standard InChI is InChI=1S/C21H20N6O2/c1-25-8-10-26(11-9-25)19-7-6-15(13-20(19)27(28)29)12-16(14-22)21-23-17-4-2-3-5-18(17)24-21/h2-7,12-13H,8-11H2,1H3,(H,23,24)/p+1/b16-12+. The maximum Gasteiger partial charge on any atom is 0.293 e. The van der Waals surface area contributed by atoms with Gasteiger partial charge < -0.3 is 14.8 Å². The Morgan fingerprint density at radius 2 is 2.07 bits per heavy atom. The molecule has 0 atom stereocenters. The van der Waals surface area contributed by atoms with Gasteiger partial charge in [-0.05, 0) is 29.8 Å². The number of aromatic amines is 1. The largest absolute Gasteiger partial charge is 0.355 e. The molecule has 0 amide bonds. The van der Waals surface area contributed by atoms with E-state index in [1.165, 1.54) is 11.0 Å². The zero-order valence-corrected chi connectivity index (χ0v) is 16.1. The van der Waals surface area contributed by atoms with Crippen molar-refractivity contribution in [1.29, 1.82) is 5.26 Å². The van der Waals surface area contributed by atoms with Crippen molar-refractivity contribution in [3.8, 4) is 6.07 Å². The number of H-pyrrole nitrogens is 1. The topological polar surface area (TPSA) is 103 Å². The second kappa shape index (κ2) is 7.73. The summed E-state index contributed by atoms with van der Waals surface area (Å²) in [4.78, 5) is 22.4. The quantitative estimate of drug-likeness (QED) is 0.403. The molecule has 2 aromatic carbocycles. The Labute approximate surface area is 167 Å². The summed E-state index contributed by atoms with van der Waals surface area (Å²) in [6.45, 7) is 3.46. The lowest BCUT2D eigenvalue weighted by Crippen LogP contribution is -3.12. The van der Waals surface area contributed by atoms with Crippen LogP contribution in [0.5, 0.6) is 0 Å². The lowest BCUT2D eigenvalue weighted by molar-refractivity contribution is -0.880. The SMILES string of the molecule is C[NH+]1CCN(c2ccc(/C=C(\C#N)c3nc4ccccc4[nH]3)cc2[N+](=O)[O-])CC1. The van der Waals surface area contributed by atoms with Gasteiger partial charge in [-0.2, -0.15) is 5.26 Å². The average Bonchev–Trinajstić information content (AvgIpc) is 3.16. The molecule has 8 heteroatoms. The number of nitro groups is 1. The van der Waals surface area contributed by atoms with Crippen LogP contribution < -0.4 is 9.80 Å². The van der Waals surface area contributed by atoms with Gasteiger partial charge in [0.05, 0.1) is 54.8 Å². The highest BCUT2D eigenvalue weighted by atomic mass is 16.6. The van der Waals surface area contributed by atoms with Crippen LogP contribution in [-0.4, -0.2) is 48.1 Å². The minimum Gasteiger partial charge on any atom is -0.355 e. The number of quaternary nitrogens is 1. The van der Waals surface area contributed by atoms with Gasteiger partial charge in [-0.3, -0.25) is 10.1 Å². The number of nitriles is 1. The molecule has 1 aromatic heterocycles. The molecule has 1 aliphatic heterocycles. The molecule has 2 N–H and O–H groups in total. The van der Waals surface area contributed by atoms with E-state index in [4.69, 9.17) is 0 Å². The highest BCUT2D eigenvalue weighted by molar-refractivity contribution is 5.90. The van der Waals surface area contributed by atoms with E-state index < -0.39 is 0 Å². The van der Waals surface area contributed by atoms with Crippen LogP contribution in [0.15, 0.2) is 42.5 Å². The van der Waals surface area contributed by atoms with Crippen molar-refractivity contribution < 1.29 is 9.82 Å². The molecule has 8 nitrogen and oxygen atoms in total. The summed E-state index contributed by atoms with van der Waals surface area (Å²) in [6.07, 6.45) is 1.63. The molecule has 0 unspecified atom stereocenters. The summed E-state index contributed by atoms with van der Waals surface area (Å²) in [5, 5.41) is 21.3. The summed E-state index contributed by atoms with van der Waals surface area (Å²) in [7, 11) is 2.13. The Bertz CT molecular complexity index is 1100. The number of aromatic nitrogens is 2. The van der Waals surface area contributed by atoms with Gasteiger partial charge in [-0.25, -0.2) is 4.98 Å². The lowest BCUT2D eigenvalue weighted by atomic mass is 10.1. The first-order valence-corrected chi connectivity index (χ1v) is 9.47. The van der Waals surface area contributed by atoms with Crippen LogP contribution in [0.3, 0.4) is 0 Å². The van der Waals surface area contributed by atoms with Crippen LogP contribution >= 0.6 is 0 Å². The second-order valence-corrected chi connectivity index (χ2v) is 7.22. The Morgan fingerprint density at radius 1 is 1.31 bits per heavy atom. The number of nitrogens with zero attached hydrogens (tertiary/aromatic N) is 4. The molecule has 146 valence electrons. The molecule has 0 spiro atoms. The minimum atomic E-state index is -0.356. The molecule has 4 rings (SSSR count). The Morgan fingerprint density at radius 3 is 2.76 bits per heavy atom. The van der Waals surface area contributed by atoms with Crippen molar-refractivity contribution in [2.24, 2.45) is 0 Å². The molecular formula is C21H21N6O2+. The molecule has 0 saturated carbocycles. The summed E-state index contributed by atoms with van der Waals surface area (Å²) in [5.74, 6) is 0.447. The van der Waals surface area contributed by atoms with Crippen molar-refractivity contribution in [3.63, 3.8) is 0 Å². The highest BCUT2D eigenvalue weighted by Gasteiger charge is 2.24. The minimum absolute atomic E-state index is 0.0557. The molecule has 2 heterocycles. The van der Waals surface area contributed by atoms with Crippen molar-refractivity contribution in [2.75, 3.05) is 38.1 Å². The zero-order valence-electron chi connectivity index (χ0n) is 16.1. The number of rotatable bonds is 4. The number of fused-ring (bicyclic) bond motifs is 1. The molecule has 3 aromatic rings. The van der Waals surface area contributed by atoms with Gasteiger partial charge in [-0.15, -0.1) is 0 Å². The maximum absolute atomic E-state index is 11.7. The van der Waals surface area contributed by atoms with Gasteiger partial charge >= 0.3 is 0 Å². The highest BCUT2D eigenvalue weighted by Crippen LogP contribution is 2.30. The Kier molecular flexibility index (Phi) is 4.97. The number of likely N-dealkylation sites (N-methyl/N-ethyl adjacent to an activating group) is 1. The molecule has 0 bridgehead atoms. The third-order valence-corrected chi connectivity index (χ3v) is 5.23. The lowest BCUT2D eigenvalue weighted by Gasteiger charge is -2.31. The fourth-order valence-electron chi connectivity index (χ4n) is 3.57. The number of para-hydroxylation sites is 2.